The van der Waals surface area contributed by atoms with Gasteiger partial charge in [0.25, 0.3) is 5.91 Å². The van der Waals surface area contributed by atoms with Crippen molar-refractivity contribution in [2.75, 3.05) is 7.05 Å². The number of hydrogen-bond donors (Lipinski definition) is 0. The second kappa shape index (κ2) is 5.69. The second-order valence-corrected chi connectivity index (χ2v) is 4.61. The highest BCUT2D eigenvalue weighted by Crippen LogP contribution is 2.12. The largest absolute Gasteiger partial charge is 0.336 e. The van der Waals surface area contributed by atoms with Crippen molar-refractivity contribution in [2.45, 2.75) is 26.9 Å². The van der Waals surface area contributed by atoms with E-state index in [1.54, 1.807) is 11.1 Å². The van der Waals surface area contributed by atoms with Crippen LogP contribution in [0.3, 0.4) is 0 Å². The van der Waals surface area contributed by atoms with E-state index in [1.165, 1.54) is 0 Å². The number of benzene rings is 1. The van der Waals surface area contributed by atoms with E-state index >= 15 is 0 Å². The lowest BCUT2D eigenvalue weighted by Gasteiger charge is -2.18. The number of rotatable bonds is 4. The first-order valence-corrected chi connectivity index (χ1v) is 6.45. The summed E-state index contributed by atoms with van der Waals surface area (Å²) < 4.78 is 1.90. The second-order valence-electron chi connectivity index (χ2n) is 4.61. The molecule has 0 aliphatic heterocycles. The van der Waals surface area contributed by atoms with Gasteiger partial charge in [-0.2, -0.15) is 5.10 Å². The Bertz CT molecular complexity index is 574. The van der Waals surface area contributed by atoms with Crippen molar-refractivity contribution < 1.29 is 4.79 Å². The van der Waals surface area contributed by atoms with Crippen LogP contribution in [0.2, 0.25) is 0 Å². The summed E-state index contributed by atoms with van der Waals surface area (Å²) in [6.07, 6.45) is 1.77. The molecule has 0 aliphatic rings. The van der Waals surface area contributed by atoms with Crippen LogP contribution in [-0.4, -0.2) is 27.6 Å². The molecule has 1 aromatic heterocycles. The quantitative estimate of drug-likeness (QED) is 0.844. The zero-order valence-corrected chi connectivity index (χ0v) is 11.6. The van der Waals surface area contributed by atoms with Crippen molar-refractivity contribution in [1.82, 2.24) is 14.7 Å². The maximum Gasteiger partial charge on any atom is 0.254 e. The fraction of sp³-hybridized carbons (Fsp3) is 0.333. The van der Waals surface area contributed by atoms with Gasteiger partial charge in [-0.15, -0.1) is 0 Å². The van der Waals surface area contributed by atoms with Crippen LogP contribution >= 0.6 is 0 Å². The predicted octanol–water partition coefficient (Wildman–Crippen LogP) is 2.48. The Labute approximate surface area is 113 Å². The summed E-state index contributed by atoms with van der Waals surface area (Å²) in [5.41, 5.74) is 2.81. The normalized spacial score (nSPS) is 10.5. The van der Waals surface area contributed by atoms with Gasteiger partial charge >= 0.3 is 0 Å². The van der Waals surface area contributed by atoms with E-state index in [2.05, 4.69) is 5.10 Å². The van der Waals surface area contributed by atoms with Crippen molar-refractivity contribution in [1.29, 1.82) is 0 Å². The van der Waals surface area contributed by atoms with Gasteiger partial charge in [0.1, 0.15) is 0 Å². The number of carbonyl (C=O) groups excluding carboxylic acids is 1. The summed E-state index contributed by atoms with van der Waals surface area (Å²) >= 11 is 0. The molecule has 0 radical (unpaired) electrons. The third-order valence-corrected chi connectivity index (χ3v) is 3.23. The van der Waals surface area contributed by atoms with Gasteiger partial charge in [-0.05, 0) is 31.5 Å². The Hall–Kier alpha value is -2.10. The molecule has 2 rings (SSSR count). The van der Waals surface area contributed by atoms with E-state index in [0.29, 0.717) is 6.54 Å². The molecular weight excluding hydrogens is 238 g/mol. The standard InChI is InChI=1S/C15H19N3O/c1-4-18-13(9-10-16-18)11-17(3)15(19)14-8-6-5-7-12(14)2/h5-10H,4,11H2,1-3H3. The number of aryl methyl sites for hydroxylation is 2. The minimum Gasteiger partial charge on any atom is -0.336 e. The van der Waals surface area contributed by atoms with E-state index in [1.807, 2.05) is 55.9 Å². The minimum absolute atomic E-state index is 0.0435. The SMILES string of the molecule is CCn1nccc1CN(C)C(=O)c1ccccc1C. The van der Waals surface area contributed by atoms with Gasteiger partial charge in [0.05, 0.1) is 12.2 Å². The Balaban J connectivity index is 2.14. The molecule has 100 valence electrons. The van der Waals surface area contributed by atoms with Crippen LogP contribution in [0.25, 0.3) is 0 Å². The number of aromatic nitrogens is 2. The van der Waals surface area contributed by atoms with E-state index in [0.717, 1.165) is 23.4 Å². The topological polar surface area (TPSA) is 38.1 Å². The molecule has 2 aromatic rings. The highest BCUT2D eigenvalue weighted by molar-refractivity contribution is 5.95. The Morgan fingerprint density at radius 1 is 1.32 bits per heavy atom. The fourth-order valence-corrected chi connectivity index (χ4v) is 2.11. The molecule has 0 saturated carbocycles. The number of nitrogens with zero attached hydrogens (tertiary/aromatic N) is 3. The molecule has 0 N–H and O–H groups in total. The highest BCUT2D eigenvalue weighted by Gasteiger charge is 2.15. The molecule has 4 nitrogen and oxygen atoms in total. The van der Waals surface area contributed by atoms with Crippen molar-refractivity contribution in [3.63, 3.8) is 0 Å². The Morgan fingerprint density at radius 3 is 2.74 bits per heavy atom. The lowest BCUT2D eigenvalue weighted by atomic mass is 10.1. The summed E-state index contributed by atoms with van der Waals surface area (Å²) in [5.74, 6) is 0.0435. The summed E-state index contributed by atoms with van der Waals surface area (Å²) in [5, 5.41) is 4.22. The van der Waals surface area contributed by atoms with Crippen LogP contribution < -0.4 is 0 Å². The van der Waals surface area contributed by atoms with Gasteiger partial charge in [-0.1, -0.05) is 18.2 Å². The molecule has 0 saturated heterocycles. The Morgan fingerprint density at radius 2 is 2.05 bits per heavy atom. The molecule has 0 bridgehead atoms. The third-order valence-electron chi connectivity index (χ3n) is 3.23. The van der Waals surface area contributed by atoms with Crippen LogP contribution in [0.4, 0.5) is 0 Å². The van der Waals surface area contributed by atoms with Crippen molar-refractivity contribution in [3.8, 4) is 0 Å². The average molecular weight is 257 g/mol. The molecule has 0 aliphatic carbocycles. The first kappa shape index (κ1) is 13.3. The lowest BCUT2D eigenvalue weighted by molar-refractivity contribution is 0.0781. The maximum atomic E-state index is 12.4. The summed E-state index contributed by atoms with van der Waals surface area (Å²) in [6.45, 7) is 5.38. The monoisotopic (exact) mass is 257 g/mol. The van der Waals surface area contributed by atoms with E-state index in [4.69, 9.17) is 0 Å². The average Bonchev–Trinajstić information content (AvgIpc) is 2.85. The summed E-state index contributed by atoms with van der Waals surface area (Å²) in [6, 6.07) is 9.61. The Kier molecular flexibility index (Phi) is 4.00. The number of amides is 1. The number of carbonyl (C=O) groups is 1. The van der Waals surface area contributed by atoms with Gasteiger partial charge in [0.15, 0.2) is 0 Å². The van der Waals surface area contributed by atoms with Crippen LogP contribution in [-0.2, 0) is 13.1 Å². The molecule has 0 fully saturated rings. The van der Waals surface area contributed by atoms with Gasteiger partial charge < -0.3 is 4.90 Å². The van der Waals surface area contributed by atoms with E-state index in [-0.39, 0.29) is 5.91 Å². The van der Waals surface area contributed by atoms with Gasteiger partial charge in [-0.3, -0.25) is 9.48 Å². The van der Waals surface area contributed by atoms with Crippen LogP contribution in [0.15, 0.2) is 36.5 Å². The molecule has 4 heteroatoms. The molecule has 19 heavy (non-hydrogen) atoms. The smallest absolute Gasteiger partial charge is 0.254 e. The highest BCUT2D eigenvalue weighted by atomic mass is 16.2. The summed E-state index contributed by atoms with van der Waals surface area (Å²) in [7, 11) is 1.82. The fourth-order valence-electron chi connectivity index (χ4n) is 2.11. The van der Waals surface area contributed by atoms with Gasteiger partial charge in [0, 0.05) is 25.4 Å². The minimum atomic E-state index is 0.0435. The lowest BCUT2D eigenvalue weighted by Crippen LogP contribution is -2.28. The van der Waals surface area contributed by atoms with Crippen molar-refractivity contribution in [2.24, 2.45) is 0 Å². The van der Waals surface area contributed by atoms with Gasteiger partial charge in [0.2, 0.25) is 0 Å². The van der Waals surface area contributed by atoms with Crippen molar-refractivity contribution >= 4 is 5.91 Å². The first-order valence-electron chi connectivity index (χ1n) is 6.45. The van der Waals surface area contributed by atoms with Crippen LogP contribution in [0.1, 0.15) is 28.5 Å². The van der Waals surface area contributed by atoms with Crippen LogP contribution in [0.5, 0.6) is 0 Å². The van der Waals surface area contributed by atoms with Crippen LogP contribution in [0, 0.1) is 6.92 Å². The molecule has 1 aromatic carbocycles. The molecule has 1 heterocycles. The molecule has 0 atom stereocenters. The molecule has 0 spiro atoms. The van der Waals surface area contributed by atoms with Gasteiger partial charge in [-0.25, -0.2) is 0 Å². The van der Waals surface area contributed by atoms with Crippen molar-refractivity contribution in [3.05, 3.63) is 53.3 Å². The molecular formula is C15H19N3O. The number of hydrogen-bond acceptors (Lipinski definition) is 2. The molecule has 0 unspecified atom stereocenters. The maximum absolute atomic E-state index is 12.4. The first-order chi connectivity index (χ1) is 9.13. The van der Waals surface area contributed by atoms with E-state index < -0.39 is 0 Å². The van der Waals surface area contributed by atoms with E-state index in [9.17, 15) is 4.79 Å². The predicted molar refractivity (Wildman–Crippen MR) is 74.9 cm³/mol. The summed E-state index contributed by atoms with van der Waals surface area (Å²) in [4.78, 5) is 14.1. The zero-order chi connectivity index (χ0) is 13.8. The third kappa shape index (κ3) is 2.84. The zero-order valence-electron chi connectivity index (χ0n) is 11.6. The molecule has 1 amide bonds.